The molecule has 2 amide bonds. The highest BCUT2D eigenvalue weighted by molar-refractivity contribution is 8.13. The molecule has 0 aromatic heterocycles. The SMILES string of the molecule is CC(=O)SCC(CC(C)C)C(=O)NCCCCCC(N)=O. The van der Waals surface area contributed by atoms with Gasteiger partial charge in [-0.15, -0.1) is 0 Å². The molecular weight excluding hydrogens is 288 g/mol. The molecule has 0 aliphatic carbocycles. The number of thioether (sulfide) groups is 1. The van der Waals surface area contributed by atoms with Crippen molar-refractivity contribution in [2.45, 2.75) is 52.9 Å². The average molecular weight is 316 g/mol. The lowest BCUT2D eigenvalue weighted by molar-refractivity contribution is -0.124. The first-order valence-corrected chi connectivity index (χ1v) is 8.50. The van der Waals surface area contributed by atoms with Gasteiger partial charge in [0.05, 0.1) is 0 Å². The van der Waals surface area contributed by atoms with Crippen LogP contribution < -0.4 is 11.1 Å². The molecular formula is C15H28N2O3S. The molecule has 5 nitrogen and oxygen atoms in total. The maximum atomic E-state index is 12.1. The normalized spacial score (nSPS) is 12.2. The van der Waals surface area contributed by atoms with E-state index in [0.29, 0.717) is 24.6 Å². The van der Waals surface area contributed by atoms with Crippen LogP contribution in [0.15, 0.2) is 0 Å². The van der Waals surface area contributed by atoms with Crippen molar-refractivity contribution in [2.75, 3.05) is 12.3 Å². The van der Waals surface area contributed by atoms with Crippen molar-refractivity contribution >= 4 is 28.7 Å². The first-order chi connectivity index (χ1) is 9.82. The monoisotopic (exact) mass is 316 g/mol. The zero-order chi connectivity index (χ0) is 16.3. The first-order valence-electron chi connectivity index (χ1n) is 7.52. The van der Waals surface area contributed by atoms with Gasteiger partial charge in [0.15, 0.2) is 5.12 Å². The molecule has 0 saturated heterocycles. The van der Waals surface area contributed by atoms with Crippen LogP contribution in [0.25, 0.3) is 0 Å². The van der Waals surface area contributed by atoms with E-state index in [9.17, 15) is 14.4 Å². The zero-order valence-corrected chi connectivity index (χ0v) is 14.1. The molecule has 1 unspecified atom stereocenters. The van der Waals surface area contributed by atoms with Crippen LogP contribution in [0.3, 0.4) is 0 Å². The Bertz CT molecular complexity index is 346. The minimum atomic E-state index is -0.280. The minimum absolute atomic E-state index is 0.0207. The van der Waals surface area contributed by atoms with E-state index in [4.69, 9.17) is 5.73 Å². The summed E-state index contributed by atoms with van der Waals surface area (Å²) in [6, 6.07) is 0. The third-order valence-corrected chi connectivity index (χ3v) is 3.99. The van der Waals surface area contributed by atoms with Crippen LogP contribution in [-0.4, -0.2) is 29.2 Å². The van der Waals surface area contributed by atoms with Gasteiger partial charge in [0, 0.05) is 31.6 Å². The van der Waals surface area contributed by atoms with Crippen molar-refractivity contribution in [3.05, 3.63) is 0 Å². The van der Waals surface area contributed by atoms with E-state index in [2.05, 4.69) is 19.2 Å². The van der Waals surface area contributed by atoms with Gasteiger partial charge in [0.25, 0.3) is 0 Å². The summed E-state index contributed by atoms with van der Waals surface area (Å²) >= 11 is 1.21. The Morgan fingerprint density at radius 2 is 1.81 bits per heavy atom. The lowest BCUT2D eigenvalue weighted by Crippen LogP contribution is -2.33. The minimum Gasteiger partial charge on any atom is -0.370 e. The van der Waals surface area contributed by atoms with Gasteiger partial charge in [-0.05, 0) is 25.2 Å². The van der Waals surface area contributed by atoms with Crippen LogP contribution in [0.5, 0.6) is 0 Å². The van der Waals surface area contributed by atoms with Crippen molar-refractivity contribution in [1.82, 2.24) is 5.32 Å². The van der Waals surface area contributed by atoms with Gasteiger partial charge in [-0.2, -0.15) is 0 Å². The second-order valence-corrected chi connectivity index (χ2v) is 6.89. The number of nitrogens with one attached hydrogen (secondary N) is 1. The molecule has 0 heterocycles. The third-order valence-electron chi connectivity index (χ3n) is 3.01. The number of rotatable bonds is 11. The van der Waals surface area contributed by atoms with Crippen molar-refractivity contribution in [3.8, 4) is 0 Å². The fourth-order valence-corrected chi connectivity index (χ4v) is 2.72. The van der Waals surface area contributed by atoms with Crippen LogP contribution in [0.1, 0.15) is 52.9 Å². The number of unbranched alkanes of at least 4 members (excludes halogenated alkanes) is 2. The summed E-state index contributed by atoms with van der Waals surface area (Å²) in [5, 5.41) is 2.96. The molecule has 6 heteroatoms. The molecule has 0 aliphatic heterocycles. The predicted octanol–water partition coefficient (Wildman–Crippen LogP) is 2.09. The molecule has 0 saturated carbocycles. The summed E-state index contributed by atoms with van der Waals surface area (Å²) in [5.74, 6) is 0.583. The summed E-state index contributed by atoms with van der Waals surface area (Å²) < 4.78 is 0. The average Bonchev–Trinajstić information content (AvgIpc) is 2.37. The molecule has 0 aliphatic rings. The molecule has 0 spiro atoms. The van der Waals surface area contributed by atoms with Gasteiger partial charge in [-0.1, -0.05) is 32.0 Å². The highest BCUT2D eigenvalue weighted by atomic mass is 32.2. The number of hydrogen-bond donors (Lipinski definition) is 2. The van der Waals surface area contributed by atoms with Crippen molar-refractivity contribution in [2.24, 2.45) is 17.6 Å². The first kappa shape index (κ1) is 20.0. The van der Waals surface area contributed by atoms with Gasteiger partial charge in [0.1, 0.15) is 0 Å². The van der Waals surface area contributed by atoms with E-state index in [-0.39, 0.29) is 22.8 Å². The number of nitrogens with two attached hydrogens (primary N) is 1. The molecule has 0 aromatic carbocycles. The fourth-order valence-electron chi connectivity index (χ4n) is 1.99. The maximum absolute atomic E-state index is 12.1. The highest BCUT2D eigenvalue weighted by Gasteiger charge is 2.20. The largest absolute Gasteiger partial charge is 0.370 e. The van der Waals surface area contributed by atoms with E-state index < -0.39 is 0 Å². The van der Waals surface area contributed by atoms with Crippen LogP contribution in [0, 0.1) is 11.8 Å². The molecule has 0 fully saturated rings. The topological polar surface area (TPSA) is 89.3 Å². The molecule has 0 rings (SSSR count). The standard InChI is InChI=1S/C15H28N2O3S/c1-11(2)9-13(10-21-12(3)18)15(20)17-8-6-4-5-7-14(16)19/h11,13H,4-10H2,1-3H3,(H2,16,19)(H,17,20). The molecule has 0 radical (unpaired) electrons. The van der Waals surface area contributed by atoms with Gasteiger partial charge < -0.3 is 11.1 Å². The number of carbonyl (C=O) groups is 3. The lowest BCUT2D eigenvalue weighted by atomic mass is 9.98. The summed E-state index contributed by atoms with van der Waals surface area (Å²) in [7, 11) is 0. The molecule has 0 aromatic rings. The van der Waals surface area contributed by atoms with Crippen LogP contribution in [0.2, 0.25) is 0 Å². The smallest absolute Gasteiger partial charge is 0.223 e. The van der Waals surface area contributed by atoms with Crippen molar-refractivity contribution in [3.63, 3.8) is 0 Å². The van der Waals surface area contributed by atoms with Crippen LogP contribution in [-0.2, 0) is 14.4 Å². The highest BCUT2D eigenvalue weighted by Crippen LogP contribution is 2.18. The lowest BCUT2D eigenvalue weighted by Gasteiger charge is -2.17. The summed E-state index contributed by atoms with van der Waals surface area (Å²) in [6.45, 7) is 6.27. The molecule has 1 atom stereocenters. The Balaban J connectivity index is 3.98. The molecule has 0 bridgehead atoms. The van der Waals surface area contributed by atoms with Crippen LogP contribution in [0.4, 0.5) is 0 Å². The Morgan fingerprint density at radius 1 is 1.14 bits per heavy atom. The maximum Gasteiger partial charge on any atom is 0.223 e. The zero-order valence-electron chi connectivity index (χ0n) is 13.3. The van der Waals surface area contributed by atoms with E-state index in [1.165, 1.54) is 18.7 Å². The van der Waals surface area contributed by atoms with Crippen LogP contribution >= 0.6 is 11.8 Å². The van der Waals surface area contributed by atoms with Gasteiger partial charge >= 0.3 is 0 Å². The molecule has 21 heavy (non-hydrogen) atoms. The predicted molar refractivity (Wildman–Crippen MR) is 86.8 cm³/mol. The fraction of sp³-hybridized carbons (Fsp3) is 0.800. The summed E-state index contributed by atoms with van der Waals surface area (Å²) in [5.41, 5.74) is 5.06. The number of hydrogen-bond acceptors (Lipinski definition) is 4. The number of primary amides is 1. The van der Waals surface area contributed by atoms with E-state index in [0.717, 1.165) is 25.7 Å². The second-order valence-electron chi connectivity index (χ2n) is 5.70. The van der Waals surface area contributed by atoms with Crippen molar-refractivity contribution in [1.29, 1.82) is 0 Å². The third kappa shape index (κ3) is 12.4. The van der Waals surface area contributed by atoms with Gasteiger partial charge in [-0.25, -0.2) is 0 Å². The van der Waals surface area contributed by atoms with Crippen molar-refractivity contribution < 1.29 is 14.4 Å². The Labute approximate surface area is 131 Å². The van der Waals surface area contributed by atoms with E-state index in [1.807, 2.05) is 0 Å². The van der Waals surface area contributed by atoms with Gasteiger partial charge in [0.2, 0.25) is 11.8 Å². The second kappa shape index (κ2) is 11.6. The quantitative estimate of drug-likeness (QED) is 0.571. The Hall–Kier alpha value is -1.04. The summed E-state index contributed by atoms with van der Waals surface area (Å²) in [6.07, 6.45) is 3.67. The number of amides is 2. The Kier molecular flexibility index (Phi) is 11.0. The van der Waals surface area contributed by atoms with Gasteiger partial charge in [-0.3, -0.25) is 14.4 Å². The Morgan fingerprint density at radius 3 is 2.33 bits per heavy atom. The van der Waals surface area contributed by atoms with E-state index >= 15 is 0 Å². The summed E-state index contributed by atoms with van der Waals surface area (Å²) in [4.78, 5) is 33.7. The molecule has 122 valence electrons. The number of carbonyl (C=O) groups excluding carboxylic acids is 3. The molecule has 3 N–H and O–H groups in total. The van der Waals surface area contributed by atoms with E-state index in [1.54, 1.807) is 0 Å².